The molecule has 0 aromatic heterocycles. The number of fused-ring (bicyclic) bond motifs is 3. The minimum atomic E-state index is -1.08. The summed E-state index contributed by atoms with van der Waals surface area (Å²) in [4.78, 5) is 38.4. The van der Waals surface area contributed by atoms with E-state index in [1.54, 1.807) is 0 Å². The van der Waals surface area contributed by atoms with E-state index in [9.17, 15) is 19.5 Å². The Balaban J connectivity index is 1.07. The first-order valence-corrected chi connectivity index (χ1v) is 12.3. The van der Waals surface area contributed by atoms with Gasteiger partial charge < -0.3 is 20.5 Å². The minimum absolute atomic E-state index is 0.0121. The molecule has 2 aliphatic carbocycles. The summed E-state index contributed by atoms with van der Waals surface area (Å²) < 4.78 is 5.65. The molecule has 3 aliphatic rings. The van der Waals surface area contributed by atoms with E-state index in [0.717, 1.165) is 6.42 Å². The second-order valence-corrected chi connectivity index (χ2v) is 9.81. The summed E-state index contributed by atoms with van der Waals surface area (Å²) in [6.45, 7) is 1.76. The third-order valence-corrected chi connectivity index (χ3v) is 7.62. The predicted molar refractivity (Wildman–Crippen MR) is 130 cm³/mol. The van der Waals surface area contributed by atoms with Gasteiger partial charge in [0, 0.05) is 25.0 Å². The van der Waals surface area contributed by atoms with Gasteiger partial charge in [-0.05, 0) is 54.4 Å². The fourth-order valence-corrected chi connectivity index (χ4v) is 5.47. The maximum absolute atomic E-state index is 12.5. The summed E-state index contributed by atoms with van der Waals surface area (Å²) >= 11 is 0. The van der Waals surface area contributed by atoms with Crippen LogP contribution in [0.4, 0.5) is 4.79 Å². The summed E-state index contributed by atoms with van der Waals surface area (Å²) in [7, 11) is 0. The van der Waals surface area contributed by atoms with Crippen molar-refractivity contribution in [2.45, 2.75) is 49.6 Å². The van der Waals surface area contributed by atoms with Crippen LogP contribution in [0.5, 0.6) is 0 Å². The molecule has 5 rings (SSSR count). The van der Waals surface area contributed by atoms with Gasteiger partial charge in [-0.25, -0.2) is 9.59 Å². The van der Waals surface area contributed by atoms with Crippen LogP contribution in [0.1, 0.15) is 49.1 Å². The molecule has 2 aromatic carbocycles. The van der Waals surface area contributed by atoms with Gasteiger partial charge in [0.2, 0.25) is 5.91 Å². The SMILES string of the molecule is O=C(CN1CCC(NC(=O)OCC2c3ccccc3-c3ccccc32)CC1)NC1(C(=O)O)CCC1. The van der Waals surface area contributed by atoms with Crippen molar-refractivity contribution in [3.63, 3.8) is 0 Å². The van der Waals surface area contributed by atoms with Crippen LogP contribution in [0.25, 0.3) is 11.1 Å². The number of piperidine rings is 1. The fraction of sp³-hybridized carbons (Fsp3) is 0.444. The number of nitrogens with one attached hydrogen (secondary N) is 2. The van der Waals surface area contributed by atoms with E-state index in [2.05, 4.69) is 34.9 Å². The minimum Gasteiger partial charge on any atom is -0.480 e. The molecule has 8 nitrogen and oxygen atoms in total. The molecule has 35 heavy (non-hydrogen) atoms. The smallest absolute Gasteiger partial charge is 0.407 e. The summed E-state index contributed by atoms with van der Waals surface area (Å²) in [5, 5.41) is 15.1. The number of aliphatic carboxylic acids is 1. The first kappa shape index (κ1) is 23.4. The van der Waals surface area contributed by atoms with Crippen LogP contribution in [0.3, 0.4) is 0 Å². The number of carboxylic acids is 1. The second-order valence-electron chi connectivity index (χ2n) is 9.81. The Morgan fingerprint density at radius 3 is 2.11 bits per heavy atom. The molecule has 0 radical (unpaired) electrons. The van der Waals surface area contributed by atoms with Gasteiger partial charge in [0.05, 0.1) is 6.54 Å². The van der Waals surface area contributed by atoms with E-state index in [0.29, 0.717) is 38.8 Å². The second kappa shape index (κ2) is 9.70. The summed E-state index contributed by atoms with van der Waals surface area (Å²) in [6.07, 6.45) is 2.79. The topological polar surface area (TPSA) is 108 Å². The van der Waals surface area contributed by atoms with Gasteiger partial charge >= 0.3 is 12.1 Å². The number of nitrogens with zero attached hydrogens (tertiary/aromatic N) is 1. The van der Waals surface area contributed by atoms with Crippen molar-refractivity contribution in [1.82, 2.24) is 15.5 Å². The highest BCUT2D eigenvalue weighted by Crippen LogP contribution is 2.44. The number of likely N-dealkylation sites (tertiary alicyclic amines) is 1. The molecule has 2 aromatic rings. The summed E-state index contributed by atoms with van der Waals surface area (Å²) in [6, 6.07) is 16.5. The molecule has 3 N–H and O–H groups in total. The van der Waals surface area contributed by atoms with Crippen molar-refractivity contribution in [3.8, 4) is 11.1 Å². The number of rotatable bonds is 7. The van der Waals surface area contributed by atoms with E-state index in [4.69, 9.17) is 4.74 Å². The quantitative estimate of drug-likeness (QED) is 0.566. The highest BCUT2D eigenvalue weighted by molar-refractivity contribution is 5.88. The van der Waals surface area contributed by atoms with Gasteiger partial charge in [-0.1, -0.05) is 48.5 Å². The number of benzene rings is 2. The molecular formula is C27H31N3O5. The van der Waals surface area contributed by atoms with Gasteiger partial charge in [-0.2, -0.15) is 0 Å². The van der Waals surface area contributed by atoms with Crippen molar-refractivity contribution in [2.75, 3.05) is 26.2 Å². The molecule has 0 bridgehead atoms. The van der Waals surface area contributed by atoms with Gasteiger partial charge in [0.25, 0.3) is 0 Å². The summed E-state index contributed by atoms with van der Waals surface area (Å²) in [5.74, 6) is -1.18. The van der Waals surface area contributed by atoms with Crippen molar-refractivity contribution >= 4 is 18.0 Å². The number of carbonyl (C=O) groups is 3. The predicted octanol–water partition coefficient (Wildman–Crippen LogP) is 3.11. The highest BCUT2D eigenvalue weighted by Gasteiger charge is 2.45. The zero-order valence-corrected chi connectivity index (χ0v) is 19.7. The number of amides is 2. The van der Waals surface area contributed by atoms with E-state index >= 15 is 0 Å². The lowest BCUT2D eigenvalue weighted by Gasteiger charge is -2.39. The number of carbonyl (C=O) groups excluding carboxylic acids is 2. The lowest BCUT2D eigenvalue weighted by Crippen LogP contribution is -2.60. The maximum Gasteiger partial charge on any atom is 0.407 e. The third-order valence-electron chi connectivity index (χ3n) is 7.62. The van der Waals surface area contributed by atoms with Gasteiger partial charge in [-0.3, -0.25) is 9.69 Å². The molecule has 1 saturated heterocycles. The molecule has 1 aliphatic heterocycles. The maximum atomic E-state index is 12.5. The largest absolute Gasteiger partial charge is 0.480 e. The number of carboxylic acid groups (broad SMARTS) is 1. The fourth-order valence-electron chi connectivity index (χ4n) is 5.47. The van der Waals surface area contributed by atoms with E-state index in [-0.39, 0.29) is 31.0 Å². The number of hydrogen-bond donors (Lipinski definition) is 3. The molecule has 0 unspecified atom stereocenters. The Hall–Kier alpha value is -3.39. The highest BCUT2D eigenvalue weighted by atomic mass is 16.5. The van der Waals surface area contributed by atoms with Gasteiger partial charge in [0.1, 0.15) is 12.1 Å². The van der Waals surface area contributed by atoms with Crippen molar-refractivity contribution in [1.29, 1.82) is 0 Å². The third kappa shape index (κ3) is 4.75. The Morgan fingerprint density at radius 2 is 1.57 bits per heavy atom. The van der Waals surface area contributed by atoms with Crippen LogP contribution in [0.2, 0.25) is 0 Å². The lowest BCUT2D eigenvalue weighted by atomic mass is 9.77. The Kier molecular flexibility index (Phi) is 6.47. The van der Waals surface area contributed by atoms with Crippen LogP contribution in [0.15, 0.2) is 48.5 Å². The average molecular weight is 478 g/mol. The molecule has 8 heteroatoms. The lowest BCUT2D eigenvalue weighted by molar-refractivity contribution is -0.152. The Morgan fingerprint density at radius 1 is 0.971 bits per heavy atom. The molecule has 184 valence electrons. The van der Waals surface area contributed by atoms with Gasteiger partial charge in [-0.15, -0.1) is 0 Å². The zero-order valence-electron chi connectivity index (χ0n) is 19.7. The molecule has 2 fully saturated rings. The van der Waals surface area contributed by atoms with E-state index < -0.39 is 17.6 Å². The van der Waals surface area contributed by atoms with Crippen LogP contribution in [0, 0.1) is 0 Å². The number of ether oxygens (including phenoxy) is 1. The first-order chi connectivity index (χ1) is 16.9. The van der Waals surface area contributed by atoms with E-state index in [1.807, 2.05) is 29.2 Å². The molecule has 1 saturated carbocycles. The van der Waals surface area contributed by atoms with Crippen molar-refractivity contribution < 1.29 is 24.2 Å². The zero-order chi connectivity index (χ0) is 24.4. The molecular weight excluding hydrogens is 446 g/mol. The van der Waals surface area contributed by atoms with Crippen LogP contribution < -0.4 is 10.6 Å². The Bertz CT molecular complexity index is 1080. The molecule has 1 heterocycles. The number of alkyl carbamates (subject to hydrolysis) is 1. The van der Waals surface area contributed by atoms with Crippen LogP contribution in [-0.2, 0) is 14.3 Å². The molecule has 0 spiro atoms. The summed E-state index contributed by atoms with van der Waals surface area (Å²) in [5.41, 5.74) is 3.67. The van der Waals surface area contributed by atoms with Gasteiger partial charge in [0.15, 0.2) is 0 Å². The van der Waals surface area contributed by atoms with Crippen LogP contribution in [-0.4, -0.2) is 65.8 Å². The molecule has 0 atom stereocenters. The van der Waals surface area contributed by atoms with Crippen molar-refractivity contribution in [3.05, 3.63) is 59.7 Å². The standard InChI is InChI=1S/C27H31N3O5/c31-24(29-27(25(32)33)12-5-13-27)16-30-14-10-18(11-15-30)28-26(34)35-17-23-21-8-3-1-6-19(21)20-7-2-4-9-22(20)23/h1-4,6-9,18,23H,5,10-17H2,(H,28,34)(H,29,31)(H,32,33). The molecule has 2 amide bonds. The monoisotopic (exact) mass is 477 g/mol. The number of hydrogen-bond acceptors (Lipinski definition) is 5. The first-order valence-electron chi connectivity index (χ1n) is 12.3. The van der Waals surface area contributed by atoms with E-state index in [1.165, 1.54) is 22.3 Å². The van der Waals surface area contributed by atoms with Crippen LogP contribution >= 0.6 is 0 Å². The van der Waals surface area contributed by atoms with Crippen molar-refractivity contribution in [2.24, 2.45) is 0 Å². The Labute approximate surface area is 204 Å². The normalized spacial score (nSPS) is 19.2. The average Bonchev–Trinajstić information content (AvgIpc) is 3.15.